The lowest BCUT2D eigenvalue weighted by Gasteiger charge is -2.28. The van der Waals surface area contributed by atoms with Gasteiger partial charge < -0.3 is 10.1 Å². The second-order valence-corrected chi connectivity index (χ2v) is 5.32. The molecular weight excluding hydrogens is 248 g/mol. The minimum atomic E-state index is 0.589. The monoisotopic (exact) mass is 278 g/mol. The van der Waals surface area contributed by atoms with Crippen molar-refractivity contribution in [1.29, 1.82) is 0 Å². The zero-order valence-electron chi connectivity index (χ0n) is 13.5. The van der Waals surface area contributed by atoms with E-state index in [9.17, 15) is 0 Å². The van der Waals surface area contributed by atoms with Crippen molar-refractivity contribution in [2.75, 3.05) is 26.8 Å². The van der Waals surface area contributed by atoms with Crippen molar-refractivity contribution >= 4 is 0 Å². The molecule has 0 heterocycles. The molecule has 1 unspecified atom stereocenters. The lowest BCUT2D eigenvalue weighted by molar-refractivity contribution is 0.118. The summed E-state index contributed by atoms with van der Waals surface area (Å²) in [6, 6.07) is 9.53. The number of rotatable bonds is 10. The molecule has 0 aliphatic carbocycles. The van der Waals surface area contributed by atoms with Crippen molar-refractivity contribution in [1.82, 2.24) is 10.2 Å². The first kappa shape index (κ1) is 17.2. The summed E-state index contributed by atoms with van der Waals surface area (Å²) < 4.78 is 5.22. The first-order chi connectivity index (χ1) is 9.71. The predicted octanol–water partition coefficient (Wildman–Crippen LogP) is 3.04. The average molecular weight is 278 g/mol. The Labute approximate surface area is 124 Å². The lowest BCUT2D eigenvalue weighted by Crippen LogP contribution is -2.34. The Hall–Kier alpha value is -0.900. The summed E-state index contributed by atoms with van der Waals surface area (Å²) in [4.78, 5) is 2.49. The van der Waals surface area contributed by atoms with E-state index in [-0.39, 0.29) is 0 Å². The SMILES string of the molecule is CCNCc1ccc(CN(CCOC)C(C)CC)cc1. The summed E-state index contributed by atoms with van der Waals surface area (Å²) in [6.07, 6.45) is 1.17. The second-order valence-electron chi connectivity index (χ2n) is 5.32. The Balaban J connectivity index is 2.58. The number of hydrogen-bond acceptors (Lipinski definition) is 3. The van der Waals surface area contributed by atoms with Crippen molar-refractivity contribution in [2.45, 2.75) is 46.3 Å². The molecule has 1 atom stereocenters. The molecule has 1 aromatic carbocycles. The van der Waals surface area contributed by atoms with E-state index in [2.05, 4.69) is 55.3 Å². The molecule has 114 valence electrons. The number of nitrogens with one attached hydrogen (secondary N) is 1. The van der Waals surface area contributed by atoms with Crippen LogP contribution in [0, 0.1) is 0 Å². The highest BCUT2D eigenvalue weighted by Crippen LogP contribution is 2.12. The van der Waals surface area contributed by atoms with E-state index >= 15 is 0 Å². The predicted molar refractivity (Wildman–Crippen MR) is 85.9 cm³/mol. The van der Waals surface area contributed by atoms with Crippen LogP contribution in [0.4, 0.5) is 0 Å². The minimum absolute atomic E-state index is 0.589. The van der Waals surface area contributed by atoms with Crippen molar-refractivity contribution in [3.8, 4) is 0 Å². The maximum atomic E-state index is 5.22. The zero-order valence-corrected chi connectivity index (χ0v) is 13.5. The zero-order chi connectivity index (χ0) is 14.8. The van der Waals surface area contributed by atoms with E-state index in [4.69, 9.17) is 4.74 Å². The Morgan fingerprint density at radius 1 is 1.15 bits per heavy atom. The Morgan fingerprint density at radius 3 is 2.35 bits per heavy atom. The van der Waals surface area contributed by atoms with Crippen molar-refractivity contribution in [3.63, 3.8) is 0 Å². The number of benzene rings is 1. The third-order valence-electron chi connectivity index (χ3n) is 3.78. The summed E-state index contributed by atoms with van der Waals surface area (Å²) in [5.41, 5.74) is 2.73. The van der Waals surface area contributed by atoms with Crippen LogP contribution in [0.1, 0.15) is 38.3 Å². The van der Waals surface area contributed by atoms with Crippen LogP contribution in [-0.4, -0.2) is 37.7 Å². The maximum Gasteiger partial charge on any atom is 0.0589 e. The van der Waals surface area contributed by atoms with Crippen LogP contribution in [0.15, 0.2) is 24.3 Å². The molecule has 0 aromatic heterocycles. The summed E-state index contributed by atoms with van der Waals surface area (Å²) in [5.74, 6) is 0. The molecule has 0 radical (unpaired) electrons. The molecule has 3 heteroatoms. The van der Waals surface area contributed by atoms with Crippen LogP contribution >= 0.6 is 0 Å². The molecule has 0 amide bonds. The van der Waals surface area contributed by atoms with Gasteiger partial charge in [-0.15, -0.1) is 0 Å². The number of methoxy groups -OCH3 is 1. The fraction of sp³-hybridized carbons (Fsp3) is 0.647. The fourth-order valence-corrected chi connectivity index (χ4v) is 2.19. The second kappa shape index (κ2) is 9.92. The number of ether oxygens (including phenoxy) is 1. The van der Waals surface area contributed by atoms with E-state index in [0.717, 1.165) is 32.8 Å². The molecule has 3 nitrogen and oxygen atoms in total. The van der Waals surface area contributed by atoms with Gasteiger partial charge in [-0.05, 0) is 31.0 Å². The van der Waals surface area contributed by atoms with Gasteiger partial charge in [0.25, 0.3) is 0 Å². The molecule has 0 spiro atoms. The molecule has 0 saturated carbocycles. The van der Waals surface area contributed by atoms with Crippen molar-refractivity contribution in [2.24, 2.45) is 0 Å². The van der Waals surface area contributed by atoms with Crippen LogP contribution in [0.25, 0.3) is 0 Å². The van der Waals surface area contributed by atoms with E-state index in [1.165, 1.54) is 17.5 Å². The Bertz CT molecular complexity index is 351. The molecule has 1 N–H and O–H groups in total. The van der Waals surface area contributed by atoms with Gasteiger partial charge in [-0.3, -0.25) is 4.90 Å². The molecule has 0 bridgehead atoms. The first-order valence-electron chi connectivity index (χ1n) is 7.72. The van der Waals surface area contributed by atoms with Gasteiger partial charge >= 0.3 is 0 Å². The summed E-state index contributed by atoms with van der Waals surface area (Å²) in [5, 5.41) is 3.35. The molecule has 0 aliphatic rings. The number of hydrogen-bond donors (Lipinski definition) is 1. The van der Waals surface area contributed by atoms with Crippen LogP contribution in [0.3, 0.4) is 0 Å². The minimum Gasteiger partial charge on any atom is -0.383 e. The van der Waals surface area contributed by atoms with Crippen LogP contribution < -0.4 is 5.32 Å². The molecule has 0 fully saturated rings. The largest absolute Gasteiger partial charge is 0.383 e. The third kappa shape index (κ3) is 6.04. The molecule has 1 rings (SSSR count). The van der Waals surface area contributed by atoms with Gasteiger partial charge in [0.15, 0.2) is 0 Å². The molecule has 0 aliphatic heterocycles. The van der Waals surface area contributed by atoms with Gasteiger partial charge in [0.1, 0.15) is 0 Å². The smallest absolute Gasteiger partial charge is 0.0589 e. The number of nitrogens with zero attached hydrogens (tertiary/aromatic N) is 1. The standard InChI is InChI=1S/C17H30N2O/c1-5-15(3)19(11-12-20-4)14-17-9-7-16(8-10-17)13-18-6-2/h7-10,15,18H,5-6,11-14H2,1-4H3. The van der Waals surface area contributed by atoms with Crippen LogP contribution in [0.5, 0.6) is 0 Å². The molecule has 0 saturated heterocycles. The van der Waals surface area contributed by atoms with E-state index in [1.54, 1.807) is 7.11 Å². The van der Waals surface area contributed by atoms with Crippen LogP contribution in [0.2, 0.25) is 0 Å². The molecule has 20 heavy (non-hydrogen) atoms. The molecule has 1 aromatic rings. The van der Waals surface area contributed by atoms with Gasteiger partial charge in [0.05, 0.1) is 6.61 Å². The highest BCUT2D eigenvalue weighted by Gasteiger charge is 2.12. The lowest BCUT2D eigenvalue weighted by atomic mass is 10.1. The average Bonchev–Trinajstić information content (AvgIpc) is 2.49. The summed E-state index contributed by atoms with van der Waals surface area (Å²) >= 11 is 0. The maximum absolute atomic E-state index is 5.22. The topological polar surface area (TPSA) is 24.5 Å². The normalized spacial score (nSPS) is 12.8. The molecular formula is C17H30N2O. The summed E-state index contributed by atoms with van der Waals surface area (Å²) in [6.45, 7) is 11.4. The summed E-state index contributed by atoms with van der Waals surface area (Å²) in [7, 11) is 1.77. The van der Waals surface area contributed by atoms with Gasteiger partial charge in [0.2, 0.25) is 0 Å². The third-order valence-corrected chi connectivity index (χ3v) is 3.78. The van der Waals surface area contributed by atoms with Gasteiger partial charge in [-0.1, -0.05) is 38.1 Å². The highest BCUT2D eigenvalue weighted by molar-refractivity contribution is 5.22. The fourth-order valence-electron chi connectivity index (χ4n) is 2.19. The van der Waals surface area contributed by atoms with E-state index in [0.29, 0.717) is 6.04 Å². The van der Waals surface area contributed by atoms with Crippen LogP contribution in [-0.2, 0) is 17.8 Å². The van der Waals surface area contributed by atoms with E-state index in [1.807, 2.05) is 0 Å². The first-order valence-corrected chi connectivity index (χ1v) is 7.72. The van der Waals surface area contributed by atoms with Gasteiger partial charge in [-0.2, -0.15) is 0 Å². The highest BCUT2D eigenvalue weighted by atomic mass is 16.5. The Morgan fingerprint density at radius 2 is 1.80 bits per heavy atom. The van der Waals surface area contributed by atoms with Gasteiger partial charge in [-0.25, -0.2) is 0 Å². The van der Waals surface area contributed by atoms with E-state index < -0.39 is 0 Å². The van der Waals surface area contributed by atoms with Crippen molar-refractivity contribution < 1.29 is 4.74 Å². The van der Waals surface area contributed by atoms with Gasteiger partial charge in [0, 0.05) is 32.8 Å². The van der Waals surface area contributed by atoms with Crippen molar-refractivity contribution in [3.05, 3.63) is 35.4 Å². The quantitative estimate of drug-likeness (QED) is 0.712. The Kier molecular flexibility index (Phi) is 8.51.